The van der Waals surface area contributed by atoms with E-state index < -0.39 is 0 Å². The number of benzene rings is 1. The van der Waals surface area contributed by atoms with Gasteiger partial charge in [0.15, 0.2) is 0 Å². The Morgan fingerprint density at radius 1 is 1.33 bits per heavy atom. The van der Waals surface area contributed by atoms with Gasteiger partial charge in [0.1, 0.15) is 0 Å². The third-order valence-corrected chi connectivity index (χ3v) is 2.90. The standard InChI is InChI=1S/C14H21ClN2O/c1-11(2)16-9-8-14(18)17(3)10-12-4-6-13(15)7-5-12/h4-7,11,16H,8-10H2,1-3H3. The minimum Gasteiger partial charge on any atom is -0.341 e. The van der Waals surface area contributed by atoms with Crippen molar-refractivity contribution in [1.82, 2.24) is 10.2 Å². The quantitative estimate of drug-likeness (QED) is 0.860. The van der Waals surface area contributed by atoms with Gasteiger partial charge in [0.2, 0.25) is 5.91 Å². The summed E-state index contributed by atoms with van der Waals surface area (Å²) in [4.78, 5) is 13.6. The van der Waals surface area contributed by atoms with Crippen LogP contribution in [0.4, 0.5) is 0 Å². The Labute approximate surface area is 114 Å². The maximum atomic E-state index is 11.9. The number of hydrogen-bond donors (Lipinski definition) is 1. The van der Waals surface area contributed by atoms with Gasteiger partial charge in [-0.15, -0.1) is 0 Å². The summed E-state index contributed by atoms with van der Waals surface area (Å²) in [5.41, 5.74) is 1.09. The SMILES string of the molecule is CC(C)NCCC(=O)N(C)Cc1ccc(Cl)cc1. The number of nitrogens with one attached hydrogen (secondary N) is 1. The molecule has 0 unspecified atom stereocenters. The Kier molecular flexibility index (Phi) is 6.16. The number of hydrogen-bond acceptors (Lipinski definition) is 2. The summed E-state index contributed by atoms with van der Waals surface area (Å²) < 4.78 is 0. The van der Waals surface area contributed by atoms with E-state index in [1.807, 2.05) is 31.3 Å². The summed E-state index contributed by atoms with van der Waals surface area (Å²) >= 11 is 5.82. The number of amides is 1. The van der Waals surface area contributed by atoms with Gasteiger partial charge in [-0.3, -0.25) is 4.79 Å². The van der Waals surface area contributed by atoms with Crippen LogP contribution >= 0.6 is 11.6 Å². The molecular weight excluding hydrogens is 248 g/mol. The predicted octanol–water partition coefficient (Wildman–Crippen LogP) is 2.69. The Bertz CT molecular complexity index is 376. The molecule has 1 aromatic rings. The van der Waals surface area contributed by atoms with Crippen LogP contribution in [0, 0.1) is 0 Å². The van der Waals surface area contributed by atoms with E-state index in [1.54, 1.807) is 4.90 Å². The number of carbonyl (C=O) groups excluding carboxylic acids is 1. The van der Waals surface area contributed by atoms with E-state index in [0.29, 0.717) is 24.0 Å². The third kappa shape index (κ3) is 5.52. The second kappa shape index (κ2) is 7.39. The van der Waals surface area contributed by atoms with E-state index in [0.717, 1.165) is 12.1 Å². The molecule has 0 aliphatic rings. The molecule has 0 spiro atoms. The zero-order valence-electron chi connectivity index (χ0n) is 11.2. The van der Waals surface area contributed by atoms with Crippen molar-refractivity contribution in [3.63, 3.8) is 0 Å². The van der Waals surface area contributed by atoms with Crippen LogP contribution in [-0.4, -0.2) is 30.4 Å². The Morgan fingerprint density at radius 2 is 1.94 bits per heavy atom. The highest BCUT2D eigenvalue weighted by atomic mass is 35.5. The van der Waals surface area contributed by atoms with E-state index >= 15 is 0 Å². The number of halogens is 1. The molecule has 0 aromatic heterocycles. The first kappa shape index (κ1) is 15.0. The molecule has 0 saturated carbocycles. The second-order valence-corrected chi connectivity index (χ2v) is 5.17. The summed E-state index contributed by atoms with van der Waals surface area (Å²) in [5, 5.41) is 3.95. The van der Waals surface area contributed by atoms with Crippen molar-refractivity contribution in [3.8, 4) is 0 Å². The fraction of sp³-hybridized carbons (Fsp3) is 0.500. The number of carbonyl (C=O) groups is 1. The number of rotatable bonds is 6. The molecule has 1 aromatic carbocycles. The molecule has 0 radical (unpaired) electrons. The van der Waals surface area contributed by atoms with Gasteiger partial charge >= 0.3 is 0 Å². The fourth-order valence-corrected chi connectivity index (χ4v) is 1.74. The first-order valence-electron chi connectivity index (χ1n) is 6.21. The Morgan fingerprint density at radius 3 is 2.50 bits per heavy atom. The molecule has 1 amide bonds. The maximum absolute atomic E-state index is 11.9. The largest absolute Gasteiger partial charge is 0.341 e. The van der Waals surface area contributed by atoms with Crippen molar-refractivity contribution in [3.05, 3.63) is 34.9 Å². The topological polar surface area (TPSA) is 32.3 Å². The molecule has 0 saturated heterocycles. The van der Waals surface area contributed by atoms with Crippen molar-refractivity contribution in [2.45, 2.75) is 32.9 Å². The molecule has 0 aliphatic heterocycles. The van der Waals surface area contributed by atoms with Gasteiger partial charge in [0, 0.05) is 37.6 Å². The van der Waals surface area contributed by atoms with Crippen molar-refractivity contribution in [1.29, 1.82) is 0 Å². The lowest BCUT2D eigenvalue weighted by molar-refractivity contribution is -0.130. The number of nitrogens with zero attached hydrogens (tertiary/aromatic N) is 1. The van der Waals surface area contributed by atoms with Gasteiger partial charge in [0.05, 0.1) is 0 Å². The van der Waals surface area contributed by atoms with E-state index in [4.69, 9.17) is 11.6 Å². The molecule has 100 valence electrons. The van der Waals surface area contributed by atoms with Gasteiger partial charge in [-0.25, -0.2) is 0 Å². The Hall–Kier alpha value is -1.06. The minimum atomic E-state index is 0.151. The first-order chi connectivity index (χ1) is 8.49. The summed E-state index contributed by atoms with van der Waals surface area (Å²) in [7, 11) is 1.83. The average molecular weight is 269 g/mol. The molecule has 18 heavy (non-hydrogen) atoms. The lowest BCUT2D eigenvalue weighted by Crippen LogP contribution is -2.31. The fourth-order valence-electron chi connectivity index (χ4n) is 1.61. The molecule has 0 atom stereocenters. The Balaban J connectivity index is 2.37. The summed E-state index contributed by atoms with van der Waals surface area (Å²) in [5.74, 6) is 0.151. The summed E-state index contributed by atoms with van der Waals surface area (Å²) in [6.07, 6.45) is 0.530. The van der Waals surface area contributed by atoms with Crippen molar-refractivity contribution in [2.75, 3.05) is 13.6 Å². The van der Waals surface area contributed by atoms with Crippen molar-refractivity contribution < 1.29 is 4.79 Å². The van der Waals surface area contributed by atoms with Crippen LogP contribution in [0.1, 0.15) is 25.8 Å². The van der Waals surface area contributed by atoms with Crippen LogP contribution in [0.2, 0.25) is 5.02 Å². The molecule has 1 rings (SSSR count). The van der Waals surface area contributed by atoms with E-state index in [9.17, 15) is 4.79 Å². The van der Waals surface area contributed by atoms with Crippen LogP contribution in [0.25, 0.3) is 0 Å². The molecule has 1 N–H and O–H groups in total. The van der Waals surface area contributed by atoms with Crippen LogP contribution in [0.15, 0.2) is 24.3 Å². The van der Waals surface area contributed by atoms with E-state index in [1.165, 1.54) is 0 Å². The molecule has 0 heterocycles. The van der Waals surface area contributed by atoms with Crippen LogP contribution in [0.5, 0.6) is 0 Å². The highest BCUT2D eigenvalue weighted by molar-refractivity contribution is 6.30. The molecular formula is C14H21ClN2O. The molecule has 0 fully saturated rings. The van der Waals surface area contributed by atoms with Gasteiger partial charge in [-0.2, -0.15) is 0 Å². The smallest absolute Gasteiger partial charge is 0.223 e. The molecule has 0 aliphatic carbocycles. The van der Waals surface area contributed by atoms with Gasteiger partial charge in [-0.05, 0) is 17.7 Å². The first-order valence-corrected chi connectivity index (χ1v) is 6.58. The van der Waals surface area contributed by atoms with Crippen LogP contribution in [-0.2, 0) is 11.3 Å². The second-order valence-electron chi connectivity index (χ2n) is 4.74. The lowest BCUT2D eigenvalue weighted by atomic mass is 10.2. The van der Waals surface area contributed by atoms with Gasteiger partial charge in [-0.1, -0.05) is 37.6 Å². The zero-order valence-corrected chi connectivity index (χ0v) is 12.0. The normalized spacial score (nSPS) is 10.7. The summed E-state index contributed by atoms with van der Waals surface area (Å²) in [6.45, 7) is 5.49. The van der Waals surface area contributed by atoms with Crippen LogP contribution < -0.4 is 5.32 Å². The summed E-state index contributed by atoms with van der Waals surface area (Å²) in [6, 6.07) is 7.99. The molecule has 3 nitrogen and oxygen atoms in total. The van der Waals surface area contributed by atoms with E-state index in [-0.39, 0.29) is 5.91 Å². The molecule has 4 heteroatoms. The minimum absolute atomic E-state index is 0.151. The van der Waals surface area contributed by atoms with E-state index in [2.05, 4.69) is 19.2 Å². The third-order valence-electron chi connectivity index (χ3n) is 2.65. The highest BCUT2D eigenvalue weighted by Gasteiger charge is 2.09. The lowest BCUT2D eigenvalue weighted by Gasteiger charge is -2.18. The van der Waals surface area contributed by atoms with Crippen molar-refractivity contribution in [2.24, 2.45) is 0 Å². The van der Waals surface area contributed by atoms with Crippen LogP contribution in [0.3, 0.4) is 0 Å². The maximum Gasteiger partial charge on any atom is 0.223 e. The predicted molar refractivity (Wildman–Crippen MR) is 75.7 cm³/mol. The zero-order chi connectivity index (χ0) is 13.5. The van der Waals surface area contributed by atoms with Gasteiger partial charge < -0.3 is 10.2 Å². The monoisotopic (exact) mass is 268 g/mol. The van der Waals surface area contributed by atoms with Gasteiger partial charge in [0.25, 0.3) is 0 Å². The highest BCUT2D eigenvalue weighted by Crippen LogP contribution is 2.11. The van der Waals surface area contributed by atoms with Crippen molar-refractivity contribution >= 4 is 17.5 Å². The molecule has 0 bridgehead atoms. The average Bonchev–Trinajstić information content (AvgIpc) is 2.31.